The molecular weight excluding hydrogens is 370 g/mol. The van der Waals surface area contributed by atoms with Crippen LogP contribution in [0.15, 0.2) is 22.3 Å². The Morgan fingerprint density at radius 1 is 1.25 bits per heavy atom. The lowest BCUT2D eigenvalue weighted by atomic mass is 9.84. The first-order chi connectivity index (χ1) is 11.6. The minimum atomic E-state index is 0.211. The van der Waals surface area contributed by atoms with Gasteiger partial charge in [-0.1, -0.05) is 6.92 Å². The van der Waals surface area contributed by atoms with Crippen LogP contribution in [-0.4, -0.2) is 37.0 Å². The molecule has 4 nitrogen and oxygen atoms in total. The summed E-state index contributed by atoms with van der Waals surface area (Å²) in [6.45, 7) is 7.22. The van der Waals surface area contributed by atoms with Crippen molar-refractivity contribution in [3.05, 3.63) is 27.9 Å². The molecule has 3 heterocycles. The molecule has 3 saturated heterocycles. The van der Waals surface area contributed by atoms with Gasteiger partial charge in [-0.2, -0.15) is 0 Å². The molecule has 0 atom stereocenters. The summed E-state index contributed by atoms with van der Waals surface area (Å²) >= 11 is 3.59. The van der Waals surface area contributed by atoms with Gasteiger partial charge in [0.05, 0.1) is 23.4 Å². The maximum Gasteiger partial charge on any atom is 0.182 e. The number of Topliss-reactive ketones (excluding diaryl/α,β-unsaturated/α-hetero) is 1. The van der Waals surface area contributed by atoms with Crippen molar-refractivity contribution in [3.8, 4) is 11.5 Å². The van der Waals surface area contributed by atoms with E-state index < -0.39 is 0 Å². The van der Waals surface area contributed by atoms with Crippen LogP contribution < -0.4 is 9.47 Å². The van der Waals surface area contributed by atoms with E-state index in [-0.39, 0.29) is 11.7 Å². The molecule has 0 unspecified atom stereocenters. The number of hydrogen-bond acceptors (Lipinski definition) is 4. The second kappa shape index (κ2) is 7.60. The van der Waals surface area contributed by atoms with Crippen molar-refractivity contribution in [2.24, 2.45) is 5.92 Å². The number of carbonyl (C=O) groups excluding carboxylic acids is 1. The first-order valence-electron chi connectivity index (χ1n) is 8.74. The zero-order valence-electron chi connectivity index (χ0n) is 14.3. The fourth-order valence-corrected chi connectivity index (χ4v) is 3.92. The predicted octanol–water partition coefficient (Wildman–Crippen LogP) is 4.27. The number of piperidine rings is 3. The third-order valence-corrected chi connectivity index (χ3v) is 5.13. The largest absolute Gasteiger partial charge is 0.490 e. The fraction of sp³-hybridized carbons (Fsp3) is 0.526. The molecule has 3 aliphatic rings. The predicted molar refractivity (Wildman–Crippen MR) is 98.4 cm³/mol. The van der Waals surface area contributed by atoms with Gasteiger partial charge in [-0.25, -0.2) is 0 Å². The number of ether oxygens (including phenoxy) is 2. The van der Waals surface area contributed by atoms with Crippen molar-refractivity contribution < 1.29 is 14.3 Å². The molecule has 0 radical (unpaired) electrons. The van der Waals surface area contributed by atoms with Crippen molar-refractivity contribution in [2.45, 2.75) is 33.1 Å². The summed E-state index contributed by atoms with van der Waals surface area (Å²) < 4.78 is 12.4. The van der Waals surface area contributed by atoms with Crippen LogP contribution in [0.2, 0.25) is 0 Å². The van der Waals surface area contributed by atoms with Gasteiger partial charge in [-0.3, -0.25) is 4.79 Å². The molecule has 2 bridgehead atoms. The second-order valence-electron chi connectivity index (χ2n) is 6.27. The molecule has 0 N–H and O–H groups in total. The highest BCUT2D eigenvalue weighted by atomic mass is 79.9. The van der Waals surface area contributed by atoms with Gasteiger partial charge in [-0.15, -0.1) is 0 Å². The summed E-state index contributed by atoms with van der Waals surface area (Å²) in [5.41, 5.74) is 1.80. The number of hydrogen-bond donors (Lipinski definition) is 0. The Morgan fingerprint density at radius 2 is 2.00 bits per heavy atom. The van der Waals surface area contributed by atoms with E-state index in [4.69, 9.17) is 9.47 Å². The van der Waals surface area contributed by atoms with E-state index in [2.05, 4.69) is 27.8 Å². The lowest BCUT2D eigenvalue weighted by Crippen LogP contribution is -2.45. The van der Waals surface area contributed by atoms with E-state index in [0.29, 0.717) is 13.2 Å². The number of nitrogens with zero attached hydrogens (tertiary/aromatic N) is 1. The molecule has 4 rings (SSSR count). The van der Waals surface area contributed by atoms with Crippen molar-refractivity contribution in [1.82, 2.24) is 4.90 Å². The number of benzene rings is 1. The molecule has 0 spiro atoms. The van der Waals surface area contributed by atoms with Crippen molar-refractivity contribution >= 4 is 27.8 Å². The molecule has 0 amide bonds. The van der Waals surface area contributed by atoms with E-state index in [1.54, 1.807) is 0 Å². The molecular formula is C19H24BrNO3. The topological polar surface area (TPSA) is 38.8 Å². The molecule has 5 heteroatoms. The summed E-state index contributed by atoms with van der Waals surface area (Å²) in [5.74, 6) is 1.95. The quantitative estimate of drug-likeness (QED) is 0.676. The van der Waals surface area contributed by atoms with Crippen LogP contribution in [-0.2, 0) is 4.79 Å². The summed E-state index contributed by atoms with van der Waals surface area (Å²) in [5, 5.41) is 0. The molecule has 3 aliphatic heterocycles. The first kappa shape index (κ1) is 17.3. The maximum atomic E-state index is 12.5. The highest BCUT2D eigenvalue weighted by molar-refractivity contribution is 9.10. The maximum absolute atomic E-state index is 12.5. The molecule has 1 aromatic rings. The first-order valence-corrected chi connectivity index (χ1v) is 9.53. The lowest BCUT2D eigenvalue weighted by molar-refractivity contribution is -0.125. The molecule has 24 heavy (non-hydrogen) atoms. The summed E-state index contributed by atoms with van der Waals surface area (Å²) in [7, 11) is 0. The smallest absolute Gasteiger partial charge is 0.182 e. The van der Waals surface area contributed by atoms with E-state index in [1.165, 1.54) is 0 Å². The Morgan fingerprint density at radius 3 is 2.62 bits per heavy atom. The van der Waals surface area contributed by atoms with Gasteiger partial charge in [0.2, 0.25) is 0 Å². The van der Waals surface area contributed by atoms with E-state index in [1.807, 2.05) is 25.1 Å². The van der Waals surface area contributed by atoms with Crippen LogP contribution in [0.25, 0.3) is 6.08 Å². The zero-order valence-corrected chi connectivity index (χ0v) is 15.9. The second-order valence-corrected chi connectivity index (χ2v) is 7.12. The van der Waals surface area contributed by atoms with Crippen LogP contribution in [0.4, 0.5) is 0 Å². The monoisotopic (exact) mass is 393 g/mol. The highest BCUT2D eigenvalue weighted by Crippen LogP contribution is 2.39. The van der Waals surface area contributed by atoms with Crippen LogP contribution in [0.3, 0.4) is 0 Å². The van der Waals surface area contributed by atoms with Gasteiger partial charge in [0.25, 0.3) is 0 Å². The third kappa shape index (κ3) is 3.46. The zero-order chi connectivity index (χ0) is 17.1. The van der Waals surface area contributed by atoms with Crippen LogP contribution in [0.1, 0.15) is 38.7 Å². The summed E-state index contributed by atoms with van der Waals surface area (Å²) in [6.07, 6.45) is 4.92. The van der Waals surface area contributed by atoms with Gasteiger partial charge in [0, 0.05) is 19.0 Å². The molecule has 0 aliphatic carbocycles. The third-order valence-electron chi connectivity index (χ3n) is 4.54. The van der Waals surface area contributed by atoms with Gasteiger partial charge in [0.15, 0.2) is 17.3 Å². The molecule has 0 aromatic heterocycles. The molecule has 130 valence electrons. The standard InChI is InChI=1S/C19H24BrNO3/c1-3-9-24-19-15(20)10-13(12-17(19)23-4-2)11-16-18(22)14-5-7-21(16)8-6-14/h10-12,14H,3-9H2,1-2H3/b16-11-. The van der Waals surface area contributed by atoms with E-state index >= 15 is 0 Å². The number of fused-ring (bicyclic) bond motifs is 3. The van der Waals surface area contributed by atoms with Crippen LogP contribution in [0, 0.1) is 5.92 Å². The Kier molecular flexibility index (Phi) is 5.49. The lowest BCUT2D eigenvalue weighted by Gasteiger charge is -2.41. The normalized spacial score (nSPS) is 19.2. The highest BCUT2D eigenvalue weighted by Gasteiger charge is 2.36. The van der Waals surface area contributed by atoms with Crippen molar-refractivity contribution in [1.29, 1.82) is 0 Å². The molecule has 1 aromatic carbocycles. The van der Waals surface area contributed by atoms with Gasteiger partial charge in [0.1, 0.15) is 0 Å². The average Bonchev–Trinajstić information content (AvgIpc) is 2.58. The minimum Gasteiger partial charge on any atom is -0.490 e. The minimum absolute atomic E-state index is 0.211. The number of rotatable bonds is 6. The Balaban J connectivity index is 1.93. The molecule has 3 fully saturated rings. The number of carbonyl (C=O) groups is 1. The summed E-state index contributed by atoms with van der Waals surface area (Å²) in [4.78, 5) is 14.7. The van der Waals surface area contributed by atoms with E-state index in [0.717, 1.165) is 59.6 Å². The van der Waals surface area contributed by atoms with Gasteiger partial charge < -0.3 is 14.4 Å². The number of halogens is 1. The van der Waals surface area contributed by atoms with Crippen LogP contribution in [0.5, 0.6) is 11.5 Å². The Bertz CT molecular complexity index is 648. The van der Waals surface area contributed by atoms with Crippen LogP contribution >= 0.6 is 15.9 Å². The Labute approximate surface area is 151 Å². The Hall–Kier alpha value is -1.49. The van der Waals surface area contributed by atoms with Crippen molar-refractivity contribution in [2.75, 3.05) is 26.3 Å². The van der Waals surface area contributed by atoms with Gasteiger partial charge >= 0.3 is 0 Å². The van der Waals surface area contributed by atoms with E-state index in [9.17, 15) is 4.79 Å². The van der Waals surface area contributed by atoms with Crippen molar-refractivity contribution in [3.63, 3.8) is 0 Å². The molecule has 0 saturated carbocycles. The fourth-order valence-electron chi connectivity index (χ4n) is 3.35. The number of allylic oxidation sites excluding steroid dienone is 1. The van der Waals surface area contributed by atoms with Gasteiger partial charge in [-0.05, 0) is 65.9 Å². The average molecular weight is 394 g/mol. The SMILES string of the molecule is CCCOc1c(Br)cc(/C=C2/C(=O)C3CCN2CC3)cc1OCC. The number of ketones is 1. The summed E-state index contributed by atoms with van der Waals surface area (Å²) in [6, 6.07) is 3.96.